The van der Waals surface area contributed by atoms with Gasteiger partial charge in [-0.15, -0.1) is 0 Å². The lowest BCUT2D eigenvalue weighted by Gasteiger charge is -2.42. The number of rotatable bonds is 5. The van der Waals surface area contributed by atoms with Crippen LogP contribution in [0.3, 0.4) is 0 Å². The fourth-order valence-corrected chi connectivity index (χ4v) is 4.24. The highest BCUT2D eigenvalue weighted by Gasteiger charge is 2.37. The van der Waals surface area contributed by atoms with E-state index in [0.717, 1.165) is 24.0 Å². The Kier molecular flexibility index (Phi) is 6.03. The Labute approximate surface area is 180 Å². The highest BCUT2D eigenvalue weighted by molar-refractivity contribution is 6.09. The van der Waals surface area contributed by atoms with Crippen molar-refractivity contribution in [3.63, 3.8) is 0 Å². The number of hydrogen-bond donors (Lipinski definition) is 1. The zero-order valence-electron chi connectivity index (χ0n) is 19.1. The fraction of sp³-hybridized carbons (Fsp3) is 0.407. The van der Waals surface area contributed by atoms with Crippen molar-refractivity contribution in [3.05, 3.63) is 75.9 Å². The SMILES string of the molecule is CCNC(=O)/C(C)=C/c1ccc(C(=O)c2ccc3c(c2)C(C)(C)CCC3(C)C)cc1. The van der Waals surface area contributed by atoms with Crippen molar-refractivity contribution < 1.29 is 9.59 Å². The standard InChI is InChI=1S/C27H33NO2/c1-7-28-25(30)18(2)16-19-8-10-20(11-9-19)24(29)21-12-13-22-23(17-21)27(5,6)15-14-26(22,3)4/h8-13,16-17H,7,14-15H2,1-6H3,(H,28,30)/b18-16+. The Morgan fingerprint density at radius 2 is 1.47 bits per heavy atom. The van der Waals surface area contributed by atoms with E-state index in [1.807, 2.05) is 43.3 Å². The normalized spacial score (nSPS) is 17.2. The molecule has 158 valence electrons. The van der Waals surface area contributed by atoms with E-state index >= 15 is 0 Å². The first-order valence-corrected chi connectivity index (χ1v) is 10.8. The smallest absolute Gasteiger partial charge is 0.246 e. The van der Waals surface area contributed by atoms with Gasteiger partial charge in [0.15, 0.2) is 5.78 Å². The third-order valence-corrected chi connectivity index (χ3v) is 6.37. The van der Waals surface area contributed by atoms with Gasteiger partial charge in [-0.25, -0.2) is 0 Å². The molecule has 0 saturated carbocycles. The van der Waals surface area contributed by atoms with Crippen molar-refractivity contribution in [2.45, 2.75) is 65.2 Å². The molecule has 0 unspecified atom stereocenters. The first-order valence-electron chi connectivity index (χ1n) is 10.8. The van der Waals surface area contributed by atoms with Crippen LogP contribution in [0.2, 0.25) is 0 Å². The van der Waals surface area contributed by atoms with Crippen molar-refractivity contribution in [1.29, 1.82) is 0 Å². The molecule has 30 heavy (non-hydrogen) atoms. The molecule has 1 amide bonds. The number of ketones is 1. The van der Waals surface area contributed by atoms with Crippen LogP contribution < -0.4 is 5.32 Å². The number of benzene rings is 2. The van der Waals surface area contributed by atoms with Crippen molar-refractivity contribution in [3.8, 4) is 0 Å². The largest absolute Gasteiger partial charge is 0.353 e. The predicted molar refractivity (Wildman–Crippen MR) is 124 cm³/mol. The molecule has 0 radical (unpaired) electrons. The molecule has 1 N–H and O–H groups in total. The second-order valence-electron chi connectivity index (χ2n) is 9.67. The van der Waals surface area contributed by atoms with Gasteiger partial charge in [-0.3, -0.25) is 9.59 Å². The number of amides is 1. The summed E-state index contributed by atoms with van der Waals surface area (Å²) in [5.41, 5.74) is 5.82. The number of hydrogen-bond acceptors (Lipinski definition) is 2. The summed E-state index contributed by atoms with van der Waals surface area (Å²) in [7, 11) is 0. The first kappa shape index (κ1) is 22.0. The Morgan fingerprint density at radius 1 is 0.900 bits per heavy atom. The number of nitrogens with one attached hydrogen (secondary N) is 1. The van der Waals surface area contributed by atoms with E-state index < -0.39 is 0 Å². The van der Waals surface area contributed by atoms with Crippen LogP contribution in [-0.4, -0.2) is 18.2 Å². The summed E-state index contributed by atoms with van der Waals surface area (Å²) in [6.07, 6.45) is 4.12. The molecule has 0 heterocycles. The summed E-state index contributed by atoms with van der Waals surface area (Å²) < 4.78 is 0. The van der Waals surface area contributed by atoms with E-state index in [0.29, 0.717) is 17.7 Å². The van der Waals surface area contributed by atoms with Crippen molar-refractivity contribution >= 4 is 17.8 Å². The van der Waals surface area contributed by atoms with Crippen LogP contribution in [-0.2, 0) is 15.6 Å². The summed E-state index contributed by atoms with van der Waals surface area (Å²) in [4.78, 5) is 25.0. The summed E-state index contributed by atoms with van der Waals surface area (Å²) in [6.45, 7) is 13.4. The minimum Gasteiger partial charge on any atom is -0.353 e. The Bertz CT molecular complexity index is 994. The lowest BCUT2D eigenvalue weighted by molar-refractivity contribution is -0.117. The first-order chi connectivity index (χ1) is 14.0. The van der Waals surface area contributed by atoms with Crippen LogP contribution >= 0.6 is 0 Å². The monoisotopic (exact) mass is 403 g/mol. The zero-order chi connectivity index (χ0) is 22.1. The minimum absolute atomic E-state index is 0.0351. The number of carbonyl (C=O) groups is 2. The molecular weight excluding hydrogens is 370 g/mol. The van der Waals surface area contributed by atoms with Crippen molar-refractivity contribution in [2.24, 2.45) is 0 Å². The molecule has 3 nitrogen and oxygen atoms in total. The molecule has 2 aromatic rings. The average molecular weight is 404 g/mol. The van der Waals surface area contributed by atoms with Gasteiger partial charge in [-0.05, 0) is 66.4 Å². The second-order valence-corrected chi connectivity index (χ2v) is 9.67. The molecular formula is C27H33NO2. The van der Waals surface area contributed by atoms with E-state index in [-0.39, 0.29) is 22.5 Å². The summed E-state index contributed by atoms with van der Waals surface area (Å²) >= 11 is 0. The van der Waals surface area contributed by atoms with Gasteiger partial charge in [-0.2, -0.15) is 0 Å². The van der Waals surface area contributed by atoms with E-state index in [1.165, 1.54) is 11.1 Å². The minimum atomic E-state index is -0.0720. The number of likely N-dealkylation sites (N-methyl/N-ethyl adjacent to an activating group) is 1. The van der Waals surface area contributed by atoms with Crippen LogP contribution in [0.5, 0.6) is 0 Å². The molecule has 0 aliphatic heterocycles. The van der Waals surface area contributed by atoms with Crippen LogP contribution in [0, 0.1) is 0 Å². The van der Waals surface area contributed by atoms with E-state index in [4.69, 9.17) is 0 Å². The van der Waals surface area contributed by atoms with Crippen molar-refractivity contribution in [1.82, 2.24) is 5.32 Å². The Hall–Kier alpha value is -2.68. The van der Waals surface area contributed by atoms with Crippen LogP contribution in [0.4, 0.5) is 0 Å². The molecule has 0 atom stereocenters. The summed E-state index contributed by atoms with van der Waals surface area (Å²) in [5, 5.41) is 2.79. The van der Waals surface area contributed by atoms with Gasteiger partial charge in [0, 0.05) is 23.2 Å². The van der Waals surface area contributed by atoms with Gasteiger partial charge in [0.2, 0.25) is 5.91 Å². The Balaban J connectivity index is 1.87. The Morgan fingerprint density at radius 3 is 2.07 bits per heavy atom. The third-order valence-electron chi connectivity index (χ3n) is 6.37. The molecule has 3 heteroatoms. The molecule has 0 aromatic heterocycles. The van der Waals surface area contributed by atoms with Gasteiger partial charge in [-0.1, -0.05) is 64.1 Å². The third kappa shape index (κ3) is 4.40. The highest BCUT2D eigenvalue weighted by atomic mass is 16.1. The van der Waals surface area contributed by atoms with Gasteiger partial charge in [0.25, 0.3) is 0 Å². The highest BCUT2D eigenvalue weighted by Crippen LogP contribution is 2.46. The van der Waals surface area contributed by atoms with Crippen LogP contribution in [0.1, 0.15) is 87.0 Å². The molecule has 0 spiro atoms. The van der Waals surface area contributed by atoms with Crippen LogP contribution in [0.15, 0.2) is 48.0 Å². The molecule has 2 aromatic carbocycles. The quantitative estimate of drug-likeness (QED) is 0.506. The van der Waals surface area contributed by atoms with Gasteiger partial charge in [0.05, 0.1) is 0 Å². The number of fused-ring (bicyclic) bond motifs is 1. The number of carbonyl (C=O) groups excluding carboxylic acids is 2. The van der Waals surface area contributed by atoms with Crippen LogP contribution in [0.25, 0.3) is 6.08 Å². The van der Waals surface area contributed by atoms with E-state index in [2.05, 4.69) is 45.1 Å². The second kappa shape index (κ2) is 8.22. The fourth-order valence-electron chi connectivity index (χ4n) is 4.24. The average Bonchev–Trinajstić information content (AvgIpc) is 2.71. The molecule has 0 bridgehead atoms. The summed E-state index contributed by atoms with van der Waals surface area (Å²) in [6, 6.07) is 13.7. The molecule has 3 rings (SSSR count). The van der Waals surface area contributed by atoms with E-state index in [9.17, 15) is 9.59 Å². The lowest BCUT2D eigenvalue weighted by Crippen LogP contribution is -2.34. The lowest BCUT2D eigenvalue weighted by atomic mass is 9.63. The van der Waals surface area contributed by atoms with Gasteiger partial charge >= 0.3 is 0 Å². The maximum Gasteiger partial charge on any atom is 0.246 e. The zero-order valence-corrected chi connectivity index (χ0v) is 19.1. The summed E-state index contributed by atoms with van der Waals surface area (Å²) in [5.74, 6) is -0.0368. The molecule has 0 saturated heterocycles. The molecule has 1 aliphatic carbocycles. The topological polar surface area (TPSA) is 46.2 Å². The van der Waals surface area contributed by atoms with Gasteiger partial charge in [0.1, 0.15) is 0 Å². The predicted octanol–water partition coefficient (Wildman–Crippen LogP) is 5.81. The molecule has 1 aliphatic rings. The molecule has 0 fully saturated rings. The maximum atomic E-state index is 13.2. The van der Waals surface area contributed by atoms with Gasteiger partial charge < -0.3 is 5.32 Å². The van der Waals surface area contributed by atoms with E-state index in [1.54, 1.807) is 6.92 Å². The van der Waals surface area contributed by atoms with Crippen molar-refractivity contribution in [2.75, 3.05) is 6.54 Å². The maximum absolute atomic E-state index is 13.2.